The molecule has 2 heterocycles. The van der Waals surface area contributed by atoms with Crippen molar-refractivity contribution < 1.29 is 32.2 Å². The van der Waals surface area contributed by atoms with Crippen LogP contribution in [0.25, 0.3) is 0 Å². The average Bonchev–Trinajstić information content (AvgIpc) is 3.20. The largest absolute Gasteiger partial charge is 0.468 e. The van der Waals surface area contributed by atoms with Crippen LogP contribution in [0.4, 0.5) is 13.2 Å². The van der Waals surface area contributed by atoms with E-state index in [1.807, 2.05) is 0 Å². The summed E-state index contributed by atoms with van der Waals surface area (Å²) >= 11 is 0. The van der Waals surface area contributed by atoms with Gasteiger partial charge < -0.3 is 9.47 Å². The Morgan fingerprint density at radius 2 is 1.97 bits per heavy atom. The topological polar surface area (TPSA) is 83.3 Å². The second kappa shape index (κ2) is 8.85. The molecule has 1 aliphatic rings. The molecule has 0 aliphatic carbocycles. The molecular formula is C22H24F3N3O4. The lowest BCUT2D eigenvalue weighted by Crippen LogP contribution is -2.55. The third-order valence-corrected chi connectivity index (χ3v) is 5.75. The summed E-state index contributed by atoms with van der Waals surface area (Å²) < 4.78 is 50.3. The number of nitrogens with zero attached hydrogens (tertiary/aromatic N) is 3. The fourth-order valence-electron chi connectivity index (χ4n) is 3.72. The van der Waals surface area contributed by atoms with Gasteiger partial charge in [0.25, 0.3) is 0 Å². The normalized spacial score (nSPS) is 23.9. The number of carbonyl (C=O) groups excluding carboxylic acids is 2. The lowest BCUT2D eigenvalue weighted by atomic mass is 9.72. The van der Waals surface area contributed by atoms with Gasteiger partial charge in [0.2, 0.25) is 0 Å². The minimum Gasteiger partial charge on any atom is -0.468 e. The van der Waals surface area contributed by atoms with Crippen molar-refractivity contribution in [2.75, 3.05) is 7.11 Å². The predicted molar refractivity (Wildman–Crippen MR) is 107 cm³/mol. The molecule has 0 radical (unpaired) electrons. The van der Waals surface area contributed by atoms with Crippen LogP contribution in [0, 0.1) is 5.41 Å². The van der Waals surface area contributed by atoms with Gasteiger partial charge in [0.1, 0.15) is 0 Å². The zero-order valence-corrected chi connectivity index (χ0v) is 18.0. The molecule has 3 atom stereocenters. The highest BCUT2D eigenvalue weighted by Crippen LogP contribution is 2.39. The molecule has 0 spiro atoms. The van der Waals surface area contributed by atoms with Gasteiger partial charge in [-0.25, -0.2) is 4.68 Å². The van der Waals surface area contributed by atoms with Crippen molar-refractivity contribution in [3.8, 4) is 0 Å². The van der Waals surface area contributed by atoms with Crippen LogP contribution in [-0.2, 0) is 38.2 Å². The molecule has 0 unspecified atom stereocenters. The van der Waals surface area contributed by atoms with Gasteiger partial charge in [0, 0.05) is 11.8 Å². The average molecular weight is 451 g/mol. The smallest absolute Gasteiger partial charge is 0.416 e. The number of carbonyl (C=O) groups is 2. The van der Waals surface area contributed by atoms with Crippen molar-refractivity contribution in [3.63, 3.8) is 0 Å². The number of ether oxygens (including phenoxy) is 2. The minimum atomic E-state index is -4.38. The van der Waals surface area contributed by atoms with E-state index in [0.717, 1.165) is 12.1 Å². The number of aromatic nitrogens is 3. The number of Topliss-reactive ketones (excluding diaryl/α,β-unsaturated/α-hetero) is 1. The summed E-state index contributed by atoms with van der Waals surface area (Å²) in [7, 11) is 1.21. The Bertz CT molecular complexity index is 1020. The van der Waals surface area contributed by atoms with Gasteiger partial charge in [-0.15, -0.1) is 5.10 Å². The van der Waals surface area contributed by atoms with Crippen molar-refractivity contribution in [2.24, 2.45) is 5.41 Å². The molecule has 1 aromatic heterocycles. The number of hydrogen-bond donors (Lipinski definition) is 0. The monoisotopic (exact) mass is 451 g/mol. The first kappa shape index (κ1) is 23.6. The highest BCUT2D eigenvalue weighted by molar-refractivity contribution is 6.13. The number of hydrogen-bond acceptors (Lipinski definition) is 6. The Kier molecular flexibility index (Phi) is 6.54. The molecule has 2 aromatic rings. The summed E-state index contributed by atoms with van der Waals surface area (Å²) in [6, 6.07) is 4.82. The molecule has 32 heavy (non-hydrogen) atoms. The third kappa shape index (κ3) is 4.59. The standard InChI is InChI=1S/C22H24F3N3O4/c1-13-14(2)32-18(21(3,19(13)29)20(30)31-4)10-9-17-12-28(27-26-17)11-15-5-7-16(8-6-15)22(23,24)25/h5-8,12,14,18H,1,9-11H2,2-4H3/t14-,18+,21-/m1/s1. The molecule has 7 nitrogen and oxygen atoms in total. The maximum absolute atomic E-state index is 12.8. The quantitative estimate of drug-likeness (QED) is 0.381. The highest BCUT2D eigenvalue weighted by Gasteiger charge is 2.54. The second-order valence-corrected chi connectivity index (χ2v) is 7.96. The molecule has 1 aromatic carbocycles. The Balaban J connectivity index is 1.68. The van der Waals surface area contributed by atoms with Crippen LogP contribution < -0.4 is 0 Å². The van der Waals surface area contributed by atoms with E-state index in [-0.39, 0.29) is 12.1 Å². The summed E-state index contributed by atoms with van der Waals surface area (Å²) in [6.07, 6.45) is -3.29. The minimum absolute atomic E-state index is 0.219. The molecule has 3 rings (SSSR count). The maximum atomic E-state index is 12.8. The molecule has 0 amide bonds. The summed E-state index contributed by atoms with van der Waals surface area (Å²) in [4.78, 5) is 25.2. The van der Waals surface area contributed by atoms with Gasteiger partial charge in [0.05, 0.1) is 37.1 Å². The Labute approximate surface area is 183 Å². The first-order chi connectivity index (χ1) is 15.0. The van der Waals surface area contributed by atoms with Crippen molar-refractivity contribution in [1.29, 1.82) is 0 Å². The van der Waals surface area contributed by atoms with Crippen molar-refractivity contribution in [3.05, 3.63) is 59.4 Å². The molecular weight excluding hydrogens is 427 g/mol. The van der Waals surface area contributed by atoms with Crippen LogP contribution in [0.15, 0.2) is 42.6 Å². The van der Waals surface area contributed by atoms with Crippen LogP contribution in [-0.4, -0.2) is 46.1 Å². The molecule has 0 N–H and O–H groups in total. The molecule has 10 heteroatoms. The Morgan fingerprint density at radius 3 is 2.56 bits per heavy atom. The summed E-state index contributed by atoms with van der Waals surface area (Å²) in [5.41, 5.74) is -0.766. The number of halogens is 3. The number of esters is 1. The van der Waals surface area contributed by atoms with Gasteiger partial charge in [-0.1, -0.05) is 23.9 Å². The predicted octanol–water partition coefficient (Wildman–Crippen LogP) is 3.37. The SMILES string of the molecule is C=C1C(=O)[C@](C)(C(=O)OC)[C@H](CCc2cn(Cc3ccc(C(F)(F)F)cc3)nn2)O[C@@H]1C. The van der Waals surface area contributed by atoms with E-state index in [9.17, 15) is 22.8 Å². The van der Waals surface area contributed by atoms with Gasteiger partial charge >= 0.3 is 12.1 Å². The lowest BCUT2D eigenvalue weighted by molar-refractivity contribution is -0.175. The number of alkyl halides is 3. The summed E-state index contributed by atoms with van der Waals surface area (Å²) in [6.45, 7) is 7.17. The van der Waals surface area contributed by atoms with Crippen LogP contribution in [0.3, 0.4) is 0 Å². The van der Waals surface area contributed by atoms with Gasteiger partial charge in [0.15, 0.2) is 11.2 Å². The van der Waals surface area contributed by atoms with Crippen LogP contribution in [0.5, 0.6) is 0 Å². The zero-order chi connectivity index (χ0) is 23.7. The number of ketones is 1. The number of methoxy groups -OCH3 is 1. The summed E-state index contributed by atoms with van der Waals surface area (Å²) in [5, 5.41) is 8.09. The maximum Gasteiger partial charge on any atom is 0.416 e. The molecule has 1 aliphatic heterocycles. The van der Waals surface area contributed by atoms with E-state index in [1.54, 1.807) is 13.1 Å². The fourth-order valence-corrected chi connectivity index (χ4v) is 3.72. The van der Waals surface area contributed by atoms with E-state index in [1.165, 1.54) is 30.8 Å². The zero-order valence-electron chi connectivity index (χ0n) is 18.0. The third-order valence-electron chi connectivity index (χ3n) is 5.75. The molecule has 0 saturated carbocycles. The fraction of sp³-hybridized carbons (Fsp3) is 0.455. The first-order valence-electron chi connectivity index (χ1n) is 9.99. The molecule has 1 saturated heterocycles. The van der Waals surface area contributed by atoms with Gasteiger partial charge in [-0.2, -0.15) is 13.2 Å². The Hall–Kier alpha value is -3.01. The highest BCUT2D eigenvalue weighted by atomic mass is 19.4. The lowest BCUT2D eigenvalue weighted by Gasteiger charge is -2.41. The Morgan fingerprint density at radius 1 is 1.31 bits per heavy atom. The van der Waals surface area contributed by atoms with Gasteiger partial charge in [-0.05, 0) is 44.4 Å². The number of rotatable bonds is 6. The molecule has 0 bridgehead atoms. The first-order valence-corrected chi connectivity index (χ1v) is 9.99. The van der Waals surface area contributed by atoms with E-state index >= 15 is 0 Å². The summed E-state index contributed by atoms with van der Waals surface area (Å²) in [5.74, 6) is -1.09. The van der Waals surface area contributed by atoms with Gasteiger partial charge in [-0.3, -0.25) is 9.59 Å². The van der Waals surface area contributed by atoms with Crippen molar-refractivity contribution >= 4 is 11.8 Å². The van der Waals surface area contributed by atoms with E-state index in [2.05, 4.69) is 16.9 Å². The number of aryl methyl sites for hydroxylation is 1. The van der Waals surface area contributed by atoms with Crippen LogP contribution >= 0.6 is 0 Å². The van der Waals surface area contributed by atoms with Crippen LogP contribution in [0.2, 0.25) is 0 Å². The number of benzene rings is 1. The van der Waals surface area contributed by atoms with Crippen molar-refractivity contribution in [1.82, 2.24) is 15.0 Å². The molecule has 172 valence electrons. The van der Waals surface area contributed by atoms with E-state index in [0.29, 0.717) is 24.1 Å². The second-order valence-electron chi connectivity index (χ2n) is 7.96. The molecule has 1 fully saturated rings. The van der Waals surface area contributed by atoms with E-state index < -0.39 is 41.1 Å². The van der Waals surface area contributed by atoms with Crippen molar-refractivity contribution in [2.45, 2.75) is 51.6 Å². The van der Waals surface area contributed by atoms with E-state index in [4.69, 9.17) is 9.47 Å². The van der Waals surface area contributed by atoms with Crippen LogP contribution in [0.1, 0.15) is 37.1 Å².